The highest BCUT2D eigenvalue weighted by atomic mass is 16.1. The van der Waals surface area contributed by atoms with Crippen molar-refractivity contribution in [2.45, 2.75) is 44.9 Å². The summed E-state index contributed by atoms with van der Waals surface area (Å²) in [4.78, 5) is 11.2. The second kappa shape index (κ2) is 4.69. The quantitative estimate of drug-likeness (QED) is 0.812. The Kier molecular flexibility index (Phi) is 3.28. The number of carbonyl (C=O) groups excluding carboxylic acids is 1. The van der Waals surface area contributed by atoms with Crippen LogP contribution in [0, 0.1) is 6.92 Å². The zero-order valence-electron chi connectivity index (χ0n) is 9.83. The Labute approximate surface area is 96.8 Å². The van der Waals surface area contributed by atoms with E-state index in [1.54, 1.807) is 0 Å². The molecule has 2 heteroatoms. The number of benzene rings is 1. The number of rotatable bonds is 2. The van der Waals surface area contributed by atoms with E-state index in [1.165, 1.54) is 37.7 Å². The second-order valence-electron chi connectivity index (χ2n) is 4.83. The van der Waals surface area contributed by atoms with Gasteiger partial charge in [0.25, 0.3) is 0 Å². The van der Waals surface area contributed by atoms with Gasteiger partial charge in [0.15, 0.2) is 0 Å². The molecule has 0 aromatic heterocycles. The van der Waals surface area contributed by atoms with E-state index in [0.717, 1.165) is 5.56 Å². The third-order valence-corrected chi connectivity index (χ3v) is 3.46. The first-order valence-corrected chi connectivity index (χ1v) is 6.08. The van der Waals surface area contributed by atoms with Gasteiger partial charge in [-0.25, -0.2) is 0 Å². The maximum absolute atomic E-state index is 11.2. The van der Waals surface area contributed by atoms with Gasteiger partial charge in [-0.1, -0.05) is 30.9 Å². The minimum Gasteiger partial charge on any atom is -0.366 e. The standard InChI is InChI=1S/C14H19NO/c1-10-7-12(9-13(8-10)14(15)16)11-5-3-2-4-6-11/h7-9,11H,2-6H2,1H3,(H2,15,16). The summed E-state index contributed by atoms with van der Waals surface area (Å²) in [5.74, 6) is 0.313. The molecule has 1 aliphatic rings. The first-order valence-electron chi connectivity index (χ1n) is 6.08. The highest BCUT2D eigenvalue weighted by Crippen LogP contribution is 2.33. The van der Waals surface area contributed by atoms with Gasteiger partial charge in [0.1, 0.15) is 0 Å². The summed E-state index contributed by atoms with van der Waals surface area (Å²) in [6, 6.07) is 6.04. The minimum absolute atomic E-state index is 0.319. The fourth-order valence-electron chi connectivity index (χ4n) is 2.63. The summed E-state index contributed by atoms with van der Waals surface area (Å²) < 4.78 is 0. The van der Waals surface area contributed by atoms with Crippen molar-refractivity contribution in [1.82, 2.24) is 0 Å². The number of primary amides is 1. The van der Waals surface area contributed by atoms with Gasteiger partial charge in [-0.2, -0.15) is 0 Å². The molecule has 0 heterocycles. The molecule has 1 aromatic carbocycles. The molecular formula is C14H19NO. The van der Waals surface area contributed by atoms with Gasteiger partial charge in [-0.15, -0.1) is 0 Å². The Morgan fingerprint density at radius 3 is 2.50 bits per heavy atom. The third-order valence-electron chi connectivity index (χ3n) is 3.46. The maximum Gasteiger partial charge on any atom is 0.248 e. The average Bonchev–Trinajstić information content (AvgIpc) is 2.29. The summed E-state index contributed by atoms with van der Waals surface area (Å²) in [6.45, 7) is 2.03. The first-order chi connectivity index (χ1) is 7.66. The molecule has 1 fully saturated rings. The number of carbonyl (C=O) groups is 1. The molecule has 2 rings (SSSR count). The van der Waals surface area contributed by atoms with E-state index < -0.39 is 0 Å². The van der Waals surface area contributed by atoms with Crippen LogP contribution in [0.25, 0.3) is 0 Å². The molecule has 2 nitrogen and oxygen atoms in total. The van der Waals surface area contributed by atoms with Crippen LogP contribution >= 0.6 is 0 Å². The van der Waals surface area contributed by atoms with Crippen LogP contribution in [0.4, 0.5) is 0 Å². The van der Waals surface area contributed by atoms with Crippen molar-refractivity contribution in [3.05, 3.63) is 34.9 Å². The summed E-state index contributed by atoms with van der Waals surface area (Å²) >= 11 is 0. The largest absolute Gasteiger partial charge is 0.366 e. The van der Waals surface area contributed by atoms with Crippen LogP contribution in [0.5, 0.6) is 0 Å². The lowest BCUT2D eigenvalue weighted by Crippen LogP contribution is -2.13. The van der Waals surface area contributed by atoms with Crippen LogP contribution in [0.2, 0.25) is 0 Å². The lowest BCUT2D eigenvalue weighted by atomic mass is 9.83. The Balaban J connectivity index is 2.28. The van der Waals surface area contributed by atoms with Crippen molar-refractivity contribution in [3.8, 4) is 0 Å². The van der Waals surface area contributed by atoms with E-state index in [0.29, 0.717) is 11.5 Å². The summed E-state index contributed by atoms with van der Waals surface area (Å²) in [5.41, 5.74) is 8.43. The minimum atomic E-state index is -0.319. The molecule has 1 saturated carbocycles. The molecule has 2 N–H and O–H groups in total. The molecule has 0 spiro atoms. The summed E-state index contributed by atoms with van der Waals surface area (Å²) in [6.07, 6.45) is 6.48. The SMILES string of the molecule is Cc1cc(C(N)=O)cc(C2CCCCC2)c1. The van der Waals surface area contributed by atoms with Crippen molar-refractivity contribution in [1.29, 1.82) is 0 Å². The van der Waals surface area contributed by atoms with Crippen LogP contribution in [0.15, 0.2) is 18.2 Å². The number of hydrogen-bond acceptors (Lipinski definition) is 1. The van der Waals surface area contributed by atoms with Gasteiger partial charge in [-0.3, -0.25) is 4.79 Å². The number of nitrogens with two attached hydrogens (primary N) is 1. The van der Waals surface area contributed by atoms with Gasteiger partial charge in [0.05, 0.1) is 0 Å². The van der Waals surface area contributed by atoms with E-state index >= 15 is 0 Å². The van der Waals surface area contributed by atoms with Gasteiger partial charge in [0, 0.05) is 5.56 Å². The molecule has 0 aliphatic heterocycles. The third kappa shape index (κ3) is 2.43. The van der Waals surface area contributed by atoms with Crippen LogP contribution in [0.3, 0.4) is 0 Å². The molecule has 0 atom stereocenters. The Morgan fingerprint density at radius 1 is 1.19 bits per heavy atom. The van der Waals surface area contributed by atoms with Crippen molar-refractivity contribution < 1.29 is 4.79 Å². The van der Waals surface area contributed by atoms with Crippen LogP contribution in [-0.2, 0) is 0 Å². The highest BCUT2D eigenvalue weighted by molar-refractivity contribution is 5.93. The Bertz CT molecular complexity index is 392. The Hall–Kier alpha value is -1.31. The second-order valence-corrected chi connectivity index (χ2v) is 4.83. The maximum atomic E-state index is 11.2. The molecule has 0 radical (unpaired) electrons. The van der Waals surface area contributed by atoms with E-state index in [2.05, 4.69) is 6.07 Å². The topological polar surface area (TPSA) is 43.1 Å². The van der Waals surface area contributed by atoms with Crippen LogP contribution in [-0.4, -0.2) is 5.91 Å². The molecule has 1 aliphatic carbocycles. The van der Waals surface area contributed by atoms with E-state index in [1.807, 2.05) is 19.1 Å². The predicted octanol–water partition coefficient (Wildman–Crippen LogP) is 3.14. The van der Waals surface area contributed by atoms with Gasteiger partial charge >= 0.3 is 0 Å². The van der Waals surface area contributed by atoms with E-state index in [-0.39, 0.29) is 5.91 Å². The monoisotopic (exact) mass is 217 g/mol. The van der Waals surface area contributed by atoms with Crippen molar-refractivity contribution in [2.24, 2.45) is 5.73 Å². The lowest BCUT2D eigenvalue weighted by molar-refractivity contribution is 0.1000. The average molecular weight is 217 g/mol. The number of aryl methyl sites for hydroxylation is 1. The van der Waals surface area contributed by atoms with E-state index in [9.17, 15) is 4.79 Å². The number of hydrogen-bond donors (Lipinski definition) is 1. The molecule has 16 heavy (non-hydrogen) atoms. The predicted molar refractivity (Wildman–Crippen MR) is 65.5 cm³/mol. The molecule has 1 amide bonds. The van der Waals surface area contributed by atoms with Gasteiger partial charge < -0.3 is 5.73 Å². The molecule has 1 aromatic rings. The van der Waals surface area contributed by atoms with E-state index in [4.69, 9.17) is 5.73 Å². The molecule has 0 unspecified atom stereocenters. The first kappa shape index (κ1) is 11.2. The molecule has 0 bridgehead atoms. The molecular weight excluding hydrogens is 198 g/mol. The molecule has 86 valence electrons. The highest BCUT2D eigenvalue weighted by Gasteiger charge is 2.16. The fraction of sp³-hybridized carbons (Fsp3) is 0.500. The smallest absolute Gasteiger partial charge is 0.248 e. The van der Waals surface area contributed by atoms with Crippen molar-refractivity contribution in [3.63, 3.8) is 0 Å². The van der Waals surface area contributed by atoms with Crippen LogP contribution < -0.4 is 5.73 Å². The zero-order chi connectivity index (χ0) is 11.5. The molecule has 0 saturated heterocycles. The number of amides is 1. The van der Waals surface area contributed by atoms with Crippen molar-refractivity contribution in [2.75, 3.05) is 0 Å². The van der Waals surface area contributed by atoms with Crippen molar-refractivity contribution >= 4 is 5.91 Å². The summed E-state index contributed by atoms with van der Waals surface area (Å²) in [5, 5.41) is 0. The fourth-order valence-corrected chi connectivity index (χ4v) is 2.63. The zero-order valence-corrected chi connectivity index (χ0v) is 9.83. The van der Waals surface area contributed by atoms with Crippen LogP contribution in [0.1, 0.15) is 59.5 Å². The normalized spacial score (nSPS) is 17.3. The summed E-state index contributed by atoms with van der Waals surface area (Å²) in [7, 11) is 0. The van der Waals surface area contributed by atoms with Gasteiger partial charge in [0.2, 0.25) is 5.91 Å². The lowest BCUT2D eigenvalue weighted by Gasteiger charge is -2.22. The Morgan fingerprint density at radius 2 is 1.88 bits per heavy atom. The van der Waals surface area contributed by atoms with Gasteiger partial charge in [-0.05, 0) is 43.4 Å².